The molecule has 1 aliphatic carbocycles. The first-order valence-corrected chi connectivity index (χ1v) is 7.62. The number of hydrogen-bond donors (Lipinski definition) is 1. The number of halogens is 2. The van der Waals surface area contributed by atoms with E-state index in [-0.39, 0.29) is 12.4 Å². The van der Waals surface area contributed by atoms with Crippen molar-refractivity contribution in [3.63, 3.8) is 0 Å². The van der Waals surface area contributed by atoms with Crippen molar-refractivity contribution in [1.82, 2.24) is 5.32 Å². The van der Waals surface area contributed by atoms with Crippen LogP contribution < -0.4 is 5.32 Å². The zero-order valence-electron chi connectivity index (χ0n) is 10.8. The summed E-state index contributed by atoms with van der Waals surface area (Å²) in [5.41, 5.74) is 1.38. The lowest BCUT2D eigenvalue weighted by molar-refractivity contribution is 0.389. The third-order valence-corrected chi connectivity index (χ3v) is 4.08. The summed E-state index contributed by atoms with van der Waals surface area (Å²) in [6, 6.07) is 9.32. The summed E-state index contributed by atoms with van der Waals surface area (Å²) in [5.74, 6) is 0. The Bertz CT molecular complexity index is 335. The first kappa shape index (κ1) is 16.0. The zero-order chi connectivity index (χ0) is 11.9. The third kappa shape index (κ3) is 5.73. The molecule has 0 saturated heterocycles. The molecule has 0 unspecified atom stereocenters. The highest BCUT2D eigenvalue weighted by molar-refractivity contribution is 9.10. The van der Waals surface area contributed by atoms with Crippen molar-refractivity contribution in [2.45, 2.75) is 57.5 Å². The molecule has 0 radical (unpaired) electrons. The molecule has 2 rings (SSSR count). The van der Waals surface area contributed by atoms with E-state index in [1.807, 2.05) is 0 Å². The summed E-state index contributed by atoms with van der Waals surface area (Å²) in [6.45, 7) is 1.00. The maximum absolute atomic E-state index is 3.71. The van der Waals surface area contributed by atoms with Crippen LogP contribution in [0.5, 0.6) is 0 Å². The molecule has 1 saturated carbocycles. The van der Waals surface area contributed by atoms with Gasteiger partial charge in [0, 0.05) is 17.1 Å². The minimum atomic E-state index is 0. The zero-order valence-corrected chi connectivity index (χ0v) is 13.2. The minimum Gasteiger partial charge on any atom is -0.310 e. The maximum atomic E-state index is 3.71. The molecule has 1 fully saturated rings. The van der Waals surface area contributed by atoms with Crippen LogP contribution in [0.3, 0.4) is 0 Å². The highest BCUT2D eigenvalue weighted by Crippen LogP contribution is 2.18. The number of hydrogen-bond acceptors (Lipinski definition) is 1. The monoisotopic (exact) mass is 331 g/mol. The fraction of sp³-hybridized carbons (Fsp3) is 0.600. The first-order chi connectivity index (χ1) is 8.34. The number of nitrogens with one attached hydrogen (secondary N) is 1. The van der Waals surface area contributed by atoms with Gasteiger partial charge in [-0.25, -0.2) is 0 Å². The van der Waals surface area contributed by atoms with E-state index in [0.29, 0.717) is 0 Å². The molecule has 1 nitrogen and oxygen atoms in total. The van der Waals surface area contributed by atoms with Crippen LogP contribution in [0.2, 0.25) is 0 Å². The highest BCUT2D eigenvalue weighted by Gasteiger charge is 2.10. The van der Waals surface area contributed by atoms with Crippen LogP contribution in [0.25, 0.3) is 0 Å². The van der Waals surface area contributed by atoms with Crippen molar-refractivity contribution in [3.05, 3.63) is 34.3 Å². The molecular formula is C15H23BrClN. The van der Waals surface area contributed by atoms with E-state index in [1.54, 1.807) is 0 Å². The van der Waals surface area contributed by atoms with Gasteiger partial charge >= 0.3 is 0 Å². The summed E-state index contributed by atoms with van der Waals surface area (Å²) >= 11 is 3.52. The van der Waals surface area contributed by atoms with Crippen LogP contribution in [0.15, 0.2) is 28.7 Å². The Balaban J connectivity index is 0.00000162. The van der Waals surface area contributed by atoms with Crippen molar-refractivity contribution in [2.75, 3.05) is 0 Å². The van der Waals surface area contributed by atoms with Gasteiger partial charge < -0.3 is 5.32 Å². The molecule has 0 heterocycles. The predicted octanol–water partition coefficient (Wildman–Crippen LogP) is 5.07. The van der Waals surface area contributed by atoms with Crippen LogP contribution in [0.1, 0.15) is 50.5 Å². The second kappa shape index (κ2) is 8.95. The van der Waals surface area contributed by atoms with Gasteiger partial charge in [0.15, 0.2) is 0 Å². The molecule has 1 aromatic rings. The predicted molar refractivity (Wildman–Crippen MR) is 84.3 cm³/mol. The van der Waals surface area contributed by atoms with Crippen molar-refractivity contribution < 1.29 is 0 Å². The van der Waals surface area contributed by atoms with Crippen LogP contribution >= 0.6 is 28.3 Å². The molecule has 0 spiro atoms. The molecule has 18 heavy (non-hydrogen) atoms. The Hall–Kier alpha value is -0.0500. The Morgan fingerprint density at radius 2 is 1.72 bits per heavy atom. The normalized spacial score (nSPS) is 17.6. The van der Waals surface area contributed by atoms with Gasteiger partial charge in [0.25, 0.3) is 0 Å². The van der Waals surface area contributed by atoms with Gasteiger partial charge in [0.05, 0.1) is 0 Å². The van der Waals surface area contributed by atoms with Crippen LogP contribution in [0, 0.1) is 0 Å². The van der Waals surface area contributed by atoms with E-state index in [0.717, 1.165) is 12.6 Å². The summed E-state index contributed by atoms with van der Waals surface area (Å²) < 4.78 is 1.18. The van der Waals surface area contributed by atoms with Crippen molar-refractivity contribution in [2.24, 2.45) is 0 Å². The molecule has 1 N–H and O–H groups in total. The SMILES string of the molecule is Brc1cccc(CNC2CCCCCCC2)c1.Cl. The molecular weight excluding hydrogens is 310 g/mol. The molecule has 0 amide bonds. The molecule has 102 valence electrons. The van der Waals surface area contributed by atoms with Gasteiger partial charge in [-0.2, -0.15) is 0 Å². The van der Waals surface area contributed by atoms with E-state index >= 15 is 0 Å². The quantitative estimate of drug-likeness (QED) is 0.814. The third-order valence-electron chi connectivity index (χ3n) is 3.59. The van der Waals surface area contributed by atoms with Gasteiger partial charge in [-0.05, 0) is 30.5 Å². The second-order valence-electron chi connectivity index (χ2n) is 5.05. The van der Waals surface area contributed by atoms with Gasteiger partial charge in [0.1, 0.15) is 0 Å². The summed E-state index contributed by atoms with van der Waals surface area (Å²) in [7, 11) is 0. The topological polar surface area (TPSA) is 12.0 Å². The number of benzene rings is 1. The smallest absolute Gasteiger partial charge is 0.0208 e. The van der Waals surface area contributed by atoms with Gasteiger partial charge in [-0.3, -0.25) is 0 Å². The molecule has 0 aromatic heterocycles. The fourth-order valence-electron chi connectivity index (χ4n) is 2.57. The van der Waals surface area contributed by atoms with Crippen LogP contribution in [-0.2, 0) is 6.54 Å². The second-order valence-corrected chi connectivity index (χ2v) is 5.97. The fourth-order valence-corrected chi connectivity index (χ4v) is 3.02. The largest absolute Gasteiger partial charge is 0.310 e. The average Bonchev–Trinajstić information content (AvgIpc) is 2.27. The van der Waals surface area contributed by atoms with Crippen molar-refractivity contribution in [1.29, 1.82) is 0 Å². The standard InChI is InChI=1S/C15H22BrN.ClH/c16-14-8-6-7-13(11-14)12-17-15-9-4-2-1-3-5-10-15;/h6-8,11,15,17H,1-5,9-10,12H2;1H. The molecule has 3 heteroatoms. The van der Waals surface area contributed by atoms with E-state index in [9.17, 15) is 0 Å². The molecule has 0 bridgehead atoms. The Morgan fingerprint density at radius 3 is 2.39 bits per heavy atom. The molecule has 0 atom stereocenters. The minimum absolute atomic E-state index is 0. The van der Waals surface area contributed by atoms with Crippen LogP contribution in [0.4, 0.5) is 0 Å². The molecule has 1 aliphatic rings. The first-order valence-electron chi connectivity index (χ1n) is 6.82. The summed E-state index contributed by atoms with van der Waals surface area (Å²) in [6.07, 6.45) is 9.80. The number of rotatable bonds is 3. The lowest BCUT2D eigenvalue weighted by atomic mass is 9.96. The average molecular weight is 333 g/mol. The maximum Gasteiger partial charge on any atom is 0.0208 e. The van der Waals surface area contributed by atoms with Crippen molar-refractivity contribution >= 4 is 28.3 Å². The van der Waals surface area contributed by atoms with E-state index in [2.05, 4.69) is 45.5 Å². The van der Waals surface area contributed by atoms with E-state index < -0.39 is 0 Å². The Morgan fingerprint density at radius 1 is 1.06 bits per heavy atom. The van der Waals surface area contributed by atoms with Gasteiger partial charge in [0.2, 0.25) is 0 Å². The lowest BCUT2D eigenvalue weighted by Gasteiger charge is -2.21. The van der Waals surface area contributed by atoms with E-state index in [4.69, 9.17) is 0 Å². The Kier molecular flexibility index (Phi) is 7.96. The van der Waals surface area contributed by atoms with Gasteiger partial charge in [-0.15, -0.1) is 12.4 Å². The summed E-state index contributed by atoms with van der Waals surface area (Å²) in [5, 5.41) is 3.71. The van der Waals surface area contributed by atoms with Crippen molar-refractivity contribution in [3.8, 4) is 0 Å². The molecule has 0 aliphatic heterocycles. The Labute approximate surface area is 125 Å². The summed E-state index contributed by atoms with van der Waals surface area (Å²) in [4.78, 5) is 0. The lowest BCUT2D eigenvalue weighted by Crippen LogP contribution is -2.29. The van der Waals surface area contributed by atoms with Gasteiger partial charge in [-0.1, -0.05) is 60.2 Å². The highest BCUT2D eigenvalue weighted by atomic mass is 79.9. The van der Waals surface area contributed by atoms with Crippen LogP contribution in [-0.4, -0.2) is 6.04 Å². The molecule has 1 aromatic carbocycles. The van der Waals surface area contributed by atoms with E-state index in [1.165, 1.54) is 55.0 Å².